The number of hydrogen-bond acceptors (Lipinski definition) is 1. The number of amides is 1. The molecule has 0 saturated carbocycles. The molecule has 0 bridgehead atoms. The van der Waals surface area contributed by atoms with Crippen molar-refractivity contribution in [3.8, 4) is 0 Å². The maximum absolute atomic E-state index is 11.8. The maximum atomic E-state index is 11.8. The minimum Gasteiger partial charge on any atom is -0.309 e. The van der Waals surface area contributed by atoms with Crippen LogP contribution in [0.25, 0.3) is 0 Å². The first-order chi connectivity index (χ1) is 7.33. The highest BCUT2D eigenvalue weighted by atomic mass is 16.2. The monoisotopic (exact) mass is 201 g/mol. The van der Waals surface area contributed by atoms with Crippen LogP contribution in [0.1, 0.15) is 18.9 Å². The fourth-order valence-electron chi connectivity index (χ4n) is 2.00. The van der Waals surface area contributed by atoms with Gasteiger partial charge in [0, 0.05) is 12.2 Å². The van der Waals surface area contributed by atoms with Crippen LogP contribution in [0.15, 0.2) is 36.4 Å². The van der Waals surface area contributed by atoms with E-state index in [9.17, 15) is 4.79 Å². The minimum absolute atomic E-state index is 0.0876. The third-order valence-corrected chi connectivity index (χ3v) is 2.69. The van der Waals surface area contributed by atoms with Crippen molar-refractivity contribution in [3.63, 3.8) is 0 Å². The highest BCUT2D eigenvalue weighted by Crippen LogP contribution is 2.26. The second-order valence-corrected chi connectivity index (χ2v) is 3.72. The lowest BCUT2D eigenvalue weighted by Crippen LogP contribution is -2.34. The zero-order chi connectivity index (χ0) is 10.7. The number of nitrogens with zero attached hydrogens (tertiary/aromatic N) is 1. The van der Waals surface area contributed by atoms with E-state index in [2.05, 4.69) is 6.07 Å². The lowest BCUT2D eigenvalue weighted by Gasteiger charge is -2.28. The van der Waals surface area contributed by atoms with Crippen molar-refractivity contribution in [1.82, 2.24) is 0 Å². The van der Waals surface area contributed by atoms with Gasteiger partial charge in [0.2, 0.25) is 0 Å². The summed E-state index contributed by atoms with van der Waals surface area (Å²) in [6.07, 6.45) is 5.55. The molecule has 0 aromatic heterocycles. The summed E-state index contributed by atoms with van der Waals surface area (Å²) in [7, 11) is 0. The summed E-state index contributed by atoms with van der Waals surface area (Å²) in [6, 6.07) is 8.14. The molecule has 2 nitrogen and oxygen atoms in total. The summed E-state index contributed by atoms with van der Waals surface area (Å²) >= 11 is 0. The topological polar surface area (TPSA) is 20.3 Å². The number of fused-ring (bicyclic) bond motifs is 1. The van der Waals surface area contributed by atoms with E-state index in [1.807, 2.05) is 30.0 Å². The number of aryl methyl sites for hydroxylation is 1. The fourth-order valence-corrected chi connectivity index (χ4v) is 2.00. The van der Waals surface area contributed by atoms with E-state index in [0.717, 1.165) is 25.1 Å². The molecule has 0 unspecified atom stereocenters. The van der Waals surface area contributed by atoms with Gasteiger partial charge in [-0.2, -0.15) is 0 Å². The molecule has 78 valence electrons. The molecular weight excluding hydrogens is 186 g/mol. The number of rotatable bonds is 1. The summed E-state index contributed by atoms with van der Waals surface area (Å²) in [6.45, 7) is 2.70. The summed E-state index contributed by atoms with van der Waals surface area (Å²) in [5.41, 5.74) is 2.36. The quantitative estimate of drug-likeness (QED) is 0.639. The lowest BCUT2D eigenvalue weighted by molar-refractivity contribution is -0.114. The van der Waals surface area contributed by atoms with Crippen LogP contribution < -0.4 is 4.90 Å². The van der Waals surface area contributed by atoms with Crippen molar-refractivity contribution in [2.75, 3.05) is 11.4 Å². The molecule has 0 spiro atoms. The van der Waals surface area contributed by atoms with E-state index < -0.39 is 0 Å². The van der Waals surface area contributed by atoms with Crippen LogP contribution in [0.2, 0.25) is 0 Å². The molecule has 1 heterocycles. The van der Waals surface area contributed by atoms with Gasteiger partial charge in [0.25, 0.3) is 5.91 Å². The van der Waals surface area contributed by atoms with E-state index in [4.69, 9.17) is 0 Å². The third kappa shape index (κ3) is 1.94. The highest BCUT2D eigenvalue weighted by Gasteiger charge is 2.19. The number of anilines is 1. The van der Waals surface area contributed by atoms with Gasteiger partial charge in [0.15, 0.2) is 0 Å². The van der Waals surface area contributed by atoms with Gasteiger partial charge < -0.3 is 4.90 Å². The Morgan fingerprint density at radius 3 is 3.00 bits per heavy atom. The Hall–Kier alpha value is -1.57. The Morgan fingerprint density at radius 1 is 1.40 bits per heavy atom. The lowest BCUT2D eigenvalue weighted by atomic mass is 10.0. The maximum Gasteiger partial charge on any atom is 0.250 e. The van der Waals surface area contributed by atoms with Gasteiger partial charge in [-0.25, -0.2) is 0 Å². The van der Waals surface area contributed by atoms with Crippen molar-refractivity contribution in [2.45, 2.75) is 19.8 Å². The summed E-state index contributed by atoms with van der Waals surface area (Å²) in [5, 5.41) is 0. The first-order valence-corrected chi connectivity index (χ1v) is 5.35. The average Bonchev–Trinajstić information content (AvgIpc) is 2.28. The molecule has 0 N–H and O–H groups in total. The number of benzene rings is 1. The Balaban J connectivity index is 2.33. The van der Waals surface area contributed by atoms with E-state index in [-0.39, 0.29) is 5.91 Å². The van der Waals surface area contributed by atoms with Gasteiger partial charge in [0.05, 0.1) is 0 Å². The van der Waals surface area contributed by atoms with Crippen molar-refractivity contribution < 1.29 is 4.79 Å². The molecule has 0 saturated heterocycles. The van der Waals surface area contributed by atoms with Crippen LogP contribution in [0.3, 0.4) is 0 Å². The number of para-hydroxylation sites is 1. The second kappa shape index (κ2) is 4.30. The van der Waals surface area contributed by atoms with E-state index in [1.54, 1.807) is 12.2 Å². The van der Waals surface area contributed by atoms with E-state index in [0.29, 0.717) is 0 Å². The van der Waals surface area contributed by atoms with Crippen molar-refractivity contribution >= 4 is 11.6 Å². The number of carbonyl (C=O) groups is 1. The normalized spacial score (nSPS) is 15.4. The van der Waals surface area contributed by atoms with E-state index in [1.165, 1.54) is 5.56 Å². The Bertz CT molecular complexity index is 395. The van der Waals surface area contributed by atoms with Crippen LogP contribution in [0.4, 0.5) is 5.69 Å². The second-order valence-electron chi connectivity index (χ2n) is 3.72. The summed E-state index contributed by atoms with van der Waals surface area (Å²) in [5.74, 6) is 0.0876. The Morgan fingerprint density at radius 2 is 2.20 bits per heavy atom. The first kappa shape index (κ1) is 9.97. The zero-order valence-electron chi connectivity index (χ0n) is 8.94. The van der Waals surface area contributed by atoms with E-state index >= 15 is 0 Å². The third-order valence-electron chi connectivity index (χ3n) is 2.69. The summed E-state index contributed by atoms with van der Waals surface area (Å²) in [4.78, 5) is 13.7. The highest BCUT2D eigenvalue weighted by molar-refractivity contribution is 6.02. The van der Waals surface area contributed by atoms with Gasteiger partial charge >= 0.3 is 0 Å². The van der Waals surface area contributed by atoms with Crippen LogP contribution in [-0.4, -0.2) is 12.5 Å². The Labute approximate surface area is 90.2 Å². The molecule has 1 aromatic rings. The molecule has 15 heavy (non-hydrogen) atoms. The van der Waals surface area contributed by atoms with Crippen LogP contribution in [0, 0.1) is 0 Å². The van der Waals surface area contributed by atoms with Crippen molar-refractivity contribution in [3.05, 3.63) is 42.0 Å². The zero-order valence-corrected chi connectivity index (χ0v) is 8.94. The molecule has 2 rings (SSSR count). The number of hydrogen-bond donors (Lipinski definition) is 0. The standard InChI is InChI=1S/C13H15NO/c1-2-6-13(15)14-10-5-8-11-7-3-4-9-12(11)14/h2-4,6-7,9H,5,8,10H2,1H3/b6-2+. The van der Waals surface area contributed by atoms with Gasteiger partial charge in [-0.05, 0) is 37.5 Å². The fraction of sp³-hybridized carbons (Fsp3) is 0.308. The number of carbonyl (C=O) groups excluding carboxylic acids is 1. The predicted molar refractivity (Wildman–Crippen MR) is 61.9 cm³/mol. The largest absolute Gasteiger partial charge is 0.309 e. The summed E-state index contributed by atoms with van der Waals surface area (Å²) < 4.78 is 0. The minimum atomic E-state index is 0.0876. The Kier molecular flexibility index (Phi) is 2.86. The molecule has 1 aliphatic heterocycles. The number of allylic oxidation sites excluding steroid dienone is 1. The van der Waals surface area contributed by atoms with Gasteiger partial charge in [-0.3, -0.25) is 4.79 Å². The van der Waals surface area contributed by atoms with Gasteiger partial charge in [0.1, 0.15) is 0 Å². The predicted octanol–water partition coefficient (Wildman–Crippen LogP) is 2.54. The van der Waals surface area contributed by atoms with Gasteiger partial charge in [-0.15, -0.1) is 0 Å². The van der Waals surface area contributed by atoms with Gasteiger partial charge in [-0.1, -0.05) is 24.3 Å². The molecule has 0 atom stereocenters. The SMILES string of the molecule is C/C=C/C(=O)N1CCCc2ccccc21. The molecule has 1 amide bonds. The molecule has 0 radical (unpaired) electrons. The van der Waals surface area contributed by atoms with Crippen LogP contribution in [0.5, 0.6) is 0 Å². The molecule has 0 aliphatic carbocycles. The molecule has 1 aliphatic rings. The molecule has 1 aromatic carbocycles. The average molecular weight is 201 g/mol. The molecular formula is C13H15NO. The smallest absolute Gasteiger partial charge is 0.250 e. The molecule has 0 fully saturated rings. The van der Waals surface area contributed by atoms with Crippen molar-refractivity contribution in [2.24, 2.45) is 0 Å². The molecule has 2 heteroatoms. The van der Waals surface area contributed by atoms with Crippen LogP contribution >= 0.6 is 0 Å². The van der Waals surface area contributed by atoms with Crippen molar-refractivity contribution in [1.29, 1.82) is 0 Å². The first-order valence-electron chi connectivity index (χ1n) is 5.35. The van der Waals surface area contributed by atoms with Crippen LogP contribution in [-0.2, 0) is 11.2 Å².